The summed E-state index contributed by atoms with van der Waals surface area (Å²) in [7, 11) is -5.62. The fourth-order valence-corrected chi connectivity index (χ4v) is 2.42. The van der Waals surface area contributed by atoms with Gasteiger partial charge in [-0.15, -0.1) is 0 Å². The maximum atomic E-state index is 12.1. The number of hydrogen-bond acceptors (Lipinski definition) is 4. The molecule has 2 rings (SSSR count). The number of alkyl halides is 3. The summed E-state index contributed by atoms with van der Waals surface area (Å²) in [6.45, 7) is 0. The maximum absolute atomic E-state index is 12.1. The first kappa shape index (κ1) is 11.9. The Balaban J connectivity index is 2.22. The van der Waals surface area contributed by atoms with Crippen molar-refractivity contribution in [1.82, 2.24) is 0 Å². The quantitative estimate of drug-likeness (QED) is 0.429. The molecule has 1 fully saturated rings. The molecule has 0 N–H and O–H groups in total. The van der Waals surface area contributed by atoms with Crippen molar-refractivity contribution in [2.45, 2.75) is 36.7 Å². The fourth-order valence-electron chi connectivity index (χ4n) is 1.77. The molecule has 2 atom stereocenters. The third kappa shape index (κ3) is 1.96. The second kappa shape index (κ2) is 3.44. The second-order valence-electron chi connectivity index (χ2n) is 3.71. The average molecular weight is 258 g/mol. The topological polar surface area (TPSA) is 52.6 Å². The molecular formula is C8H9F3O4S. The van der Waals surface area contributed by atoms with E-state index in [0.717, 1.165) is 0 Å². The Morgan fingerprint density at radius 3 is 2.75 bits per heavy atom. The average Bonchev–Trinajstić information content (AvgIpc) is 2.39. The van der Waals surface area contributed by atoms with Gasteiger partial charge in [0.05, 0.1) is 6.10 Å². The Bertz CT molecular complexity index is 413. The van der Waals surface area contributed by atoms with Crippen LogP contribution in [0.2, 0.25) is 0 Å². The van der Waals surface area contributed by atoms with Crippen LogP contribution in [0, 0.1) is 0 Å². The number of ether oxygens (including phenoxy) is 1. The van der Waals surface area contributed by atoms with Gasteiger partial charge in [0, 0.05) is 6.42 Å². The third-order valence-corrected chi connectivity index (χ3v) is 3.55. The van der Waals surface area contributed by atoms with Crippen molar-refractivity contribution in [3.05, 3.63) is 12.2 Å². The second-order valence-corrected chi connectivity index (χ2v) is 5.25. The van der Waals surface area contributed by atoms with E-state index >= 15 is 0 Å². The Morgan fingerprint density at radius 2 is 2.12 bits per heavy atom. The molecule has 0 amide bonds. The zero-order chi connectivity index (χ0) is 12.0. The van der Waals surface area contributed by atoms with E-state index in [1.165, 1.54) is 6.08 Å². The van der Waals surface area contributed by atoms with Crippen molar-refractivity contribution in [3.8, 4) is 0 Å². The molecule has 2 heterocycles. The molecule has 92 valence electrons. The summed E-state index contributed by atoms with van der Waals surface area (Å²) in [4.78, 5) is 0. The van der Waals surface area contributed by atoms with Crippen molar-refractivity contribution < 1.29 is 30.5 Å². The van der Waals surface area contributed by atoms with Crippen LogP contribution in [0.25, 0.3) is 0 Å². The highest BCUT2D eigenvalue weighted by atomic mass is 32.2. The lowest BCUT2D eigenvalue weighted by atomic mass is 10.2. The minimum absolute atomic E-state index is 0.115. The van der Waals surface area contributed by atoms with Crippen LogP contribution >= 0.6 is 0 Å². The highest BCUT2D eigenvalue weighted by Gasteiger charge is 2.54. The van der Waals surface area contributed by atoms with Crippen LogP contribution < -0.4 is 0 Å². The van der Waals surface area contributed by atoms with Crippen molar-refractivity contribution >= 4 is 10.1 Å². The van der Waals surface area contributed by atoms with Gasteiger partial charge in [-0.1, -0.05) is 6.08 Å². The van der Waals surface area contributed by atoms with E-state index < -0.39 is 21.4 Å². The van der Waals surface area contributed by atoms with Crippen LogP contribution in [0.1, 0.15) is 19.3 Å². The van der Waals surface area contributed by atoms with Crippen LogP contribution in [0.4, 0.5) is 13.2 Å². The minimum Gasteiger partial charge on any atom is -0.342 e. The monoisotopic (exact) mass is 258 g/mol. The number of hydrogen-bond donors (Lipinski definition) is 0. The van der Waals surface area contributed by atoms with E-state index in [1.807, 2.05) is 0 Å². The summed E-state index contributed by atoms with van der Waals surface area (Å²) in [5.41, 5.74) is -5.42. The Morgan fingerprint density at radius 1 is 1.44 bits per heavy atom. The Hall–Kier alpha value is -0.600. The fraction of sp³-hybridized carbons (Fsp3) is 0.750. The molecule has 0 aliphatic carbocycles. The van der Waals surface area contributed by atoms with Gasteiger partial charge < -0.3 is 4.74 Å². The minimum atomic E-state index is -5.62. The smallest absolute Gasteiger partial charge is 0.342 e. The van der Waals surface area contributed by atoms with Crippen molar-refractivity contribution in [3.63, 3.8) is 0 Å². The van der Waals surface area contributed by atoms with Gasteiger partial charge in [-0.05, 0) is 18.9 Å². The molecule has 0 radical (unpaired) electrons. The highest BCUT2D eigenvalue weighted by Crippen LogP contribution is 2.41. The molecule has 0 spiro atoms. The van der Waals surface area contributed by atoms with Crippen LogP contribution in [-0.4, -0.2) is 25.8 Å². The van der Waals surface area contributed by atoms with Gasteiger partial charge in [-0.2, -0.15) is 21.6 Å². The molecule has 4 nitrogen and oxygen atoms in total. The number of fused-ring (bicyclic) bond motifs is 2. The predicted molar refractivity (Wildman–Crippen MR) is 46.7 cm³/mol. The summed E-state index contributed by atoms with van der Waals surface area (Å²) >= 11 is 0. The standard InChI is InChI=1S/C8H9F3O4S/c9-8(10,11)16(12,13)15-7-4-1-2-6(14-7)3-5-7/h1,4,6H,2-3,5H2. The van der Waals surface area contributed by atoms with Crippen molar-refractivity contribution in [2.75, 3.05) is 0 Å². The molecule has 0 aromatic carbocycles. The molecular weight excluding hydrogens is 249 g/mol. The lowest BCUT2D eigenvalue weighted by molar-refractivity contribution is -0.151. The number of halogens is 3. The third-order valence-electron chi connectivity index (χ3n) is 2.49. The molecule has 2 aliphatic rings. The SMILES string of the molecule is O=S(=O)(OC12C=CCC(CC1)O2)C(F)(F)F. The maximum Gasteiger partial charge on any atom is 0.523 e. The summed E-state index contributed by atoms with van der Waals surface area (Å²) in [6.07, 6.45) is 3.72. The molecule has 8 heteroatoms. The van der Waals surface area contributed by atoms with E-state index in [4.69, 9.17) is 4.74 Å². The predicted octanol–water partition coefficient (Wildman–Crippen LogP) is 1.69. The Labute approximate surface area is 90.2 Å². The lowest BCUT2D eigenvalue weighted by Crippen LogP contribution is -2.39. The normalized spacial score (nSPS) is 34.3. The largest absolute Gasteiger partial charge is 0.523 e. The van der Waals surface area contributed by atoms with Crippen molar-refractivity contribution in [2.24, 2.45) is 0 Å². The van der Waals surface area contributed by atoms with Gasteiger partial charge >= 0.3 is 15.6 Å². The van der Waals surface area contributed by atoms with Gasteiger partial charge in [-0.25, -0.2) is 4.18 Å². The first-order chi connectivity index (χ1) is 7.24. The molecule has 1 saturated heterocycles. The molecule has 16 heavy (non-hydrogen) atoms. The van der Waals surface area contributed by atoms with Crippen LogP contribution in [0.5, 0.6) is 0 Å². The van der Waals surface area contributed by atoms with Gasteiger partial charge in [-0.3, -0.25) is 0 Å². The number of rotatable bonds is 2. The molecule has 2 unspecified atom stereocenters. The Kier molecular flexibility index (Phi) is 2.56. The first-order valence-corrected chi connectivity index (χ1v) is 6.02. The van der Waals surface area contributed by atoms with Gasteiger partial charge in [0.2, 0.25) is 5.79 Å². The van der Waals surface area contributed by atoms with Crippen molar-refractivity contribution in [1.29, 1.82) is 0 Å². The summed E-state index contributed by atoms with van der Waals surface area (Å²) < 4.78 is 67.3. The molecule has 2 aliphatic heterocycles. The van der Waals surface area contributed by atoms with Crippen LogP contribution in [0.15, 0.2) is 12.2 Å². The zero-order valence-electron chi connectivity index (χ0n) is 8.03. The van der Waals surface area contributed by atoms with E-state index in [1.54, 1.807) is 6.08 Å². The van der Waals surface area contributed by atoms with Gasteiger partial charge in [0.25, 0.3) is 0 Å². The summed E-state index contributed by atoms with van der Waals surface area (Å²) in [5, 5.41) is 0. The van der Waals surface area contributed by atoms with Gasteiger partial charge in [0.1, 0.15) is 0 Å². The molecule has 0 saturated carbocycles. The zero-order valence-corrected chi connectivity index (χ0v) is 8.85. The van der Waals surface area contributed by atoms with E-state index in [2.05, 4.69) is 4.18 Å². The van der Waals surface area contributed by atoms with Gasteiger partial charge in [0.15, 0.2) is 0 Å². The first-order valence-electron chi connectivity index (χ1n) is 4.62. The van der Waals surface area contributed by atoms with E-state index in [-0.39, 0.29) is 12.5 Å². The van der Waals surface area contributed by atoms with Crippen LogP contribution in [-0.2, 0) is 19.0 Å². The van der Waals surface area contributed by atoms with E-state index in [0.29, 0.717) is 12.8 Å². The van der Waals surface area contributed by atoms with Crippen LogP contribution in [0.3, 0.4) is 0 Å². The molecule has 0 aromatic heterocycles. The lowest BCUT2D eigenvalue weighted by Gasteiger charge is -2.28. The van der Waals surface area contributed by atoms with E-state index in [9.17, 15) is 21.6 Å². The highest BCUT2D eigenvalue weighted by molar-refractivity contribution is 7.87. The molecule has 0 aromatic rings. The summed E-state index contributed by atoms with van der Waals surface area (Å²) in [5.74, 6) is -1.75. The molecule has 2 bridgehead atoms. The summed E-state index contributed by atoms with van der Waals surface area (Å²) in [6, 6.07) is 0.